The topological polar surface area (TPSA) is 26.0 Å². The van der Waals surface area contributed by atoms with Gasteiger partial charge in [-0.15, -0.1) is 12.4 Å². The summed E-state index contributed by atoms with van der Waals surface area (Å²) in [6.45, 7) is 0. The van der Waals surface area contributed by atoms with Crippen LogP contribution in [0.4, 0.5) is 10.1 Å². The molecule has 0 spiro atoms. The minimum absolute atomic E-state index is 0. The number of hydrogen-bond donors (Lipinski definition) is 1. The fraction of sp³-hybridized carbons (Fsp3) is 0. The normalized spacial score (nSPS) is 9.00. The lowest BCUT2D eigenvalue weighted by Crippen LogP contribution is -1.90. The zero-order valence-electron chi connectivity index (χ0n) is 5.27. The van der Waals surface area contributed by atoms with Crippen LogP contribution in [0, 0.1) is 9.39 Å². The maximum absolute atomic E-state index is 12.6. The average Bonchev–Trinajstić information content (AvgIpc) is 1.93. The molecule has 0 aliphatic rings. The molecular weight excluding hydrogens is 303 g/mol. The Bertz CT molecular complexity index is 240. The largest absolute Gasteiger partial charge is 0.397 e. The molecule has 62 valence electrons. The fourth-order valence-electron chi connectivity index (χ4n) is 0.541. The van der Waals surface area contributed by atoms with Crippen LogP contribution in [0.25, 0.3) is 0 Å². The minimum Gasteiger partial charge on any atom is -0.397 e. The zero-order valence-corrected chi connectivity index (χ0v) is 9.00. The standard InChI is InChI=1S/C6H4ClFIN.ClH/c7-5-4(10)2-1-3(8)6(5)9;/h1-2H,10H2;1H. The van der Waals surface area contributed by atoms with E-state index in [1.165, 1.54) is 12.1 Å². The van der Waals surface area contributed by atoms with Gasteiger partial charge in [0.1, 0.15) is 5.82 Å². The van der Waals surface area contributed by atoms with Crippen molar-refractivity contribution < 1.29 is 4.39 Å². The lowest BCUT2D eigenvalue weighted by atomic mass is 10.3. The molecule has 2 N–H and O–H groups in total. The smallest absolute Gasteiger partial charge is 0.138 e. The summed E-state index contributed by atoms with van der Waals surface area (Å²) in [5.74, 6) is -0.334. The summed E-state index contributed by atoms with van der Waals surface area (Å²) in [7, 11) is 0. The number of halogens is 4. The van der Waals surface area contributed by atoms with Crippen LogP contribution in [0.5, 0.6) is 0 Å². The van der Waals surface area contributed by atoms with Gasteiger partial charge in [-0.2, -0.15) is 0 Å². The molecule has 0 aromatic heterocycles. The summed E-state index contributed by atoms with van der Waals surface area (Å²) in [5, 5.41) is 0.292. The van der Waals surface area contributed by atoms with E-state index >= 15 is 0 Å². The molecule has 0 saturated carbocycles. The summed E-state index contributed by atoms with van der Waals surface area (Å²) in [6, 6.07) is 2.74. The highest BCUT2D eigenvalue weighted by atomic mass is 127. The quantitative estimate of drug-likeness (QED) is 0.445. The Morgan fingerprint density at radius 1 is 1.45 bits per heavy atom. The maximum atomic E-state index is 12.6. The van der Waals surface area contributed by atoms with Crippen LogP contribution in [-0.2, 0) is 0 Å². The molecule has 1 rings (SSSR count). The van der Waals surface area contributed by atoms with E-state index in [1.807, 2.05) is 22.6 Å². The van der Waals surface area contributed by atoms with Crippen molar-refractivity contribution >= 4 is 52.3 Å². The molecule has 0 aliphatic heterocycles. The zero-order chi connectivity index (χ0) is 7.72. The van der Waals surface area contributed by atoms with Crippen molar-refractivity contribution in [2.75, 3.05) is 5.73 Å². The van der Waals surface area contributed by atoms with Crippen molar-refractivity contribution in [3.8, 4) is 0 Å². The first-order chi connectivity index (χ1) is 4.63. The summed E-state index contributed by atoms with van der Waals surface area (Å²) >= 11 is 7.42. The Morgan fingerprint density at radius 3 is 2.45 bits per heavy atom. The van der Waals surface area contributed by atoms with Crippen molar-refractivity contribution in [2.45, 2.75) is 0 Å². The lowest BCUT2D eigenvalue weighted by Gasteiger charge is -1.99. The molecule has 0 amide bonds. The second kappa shape index (κ2) is 4.33. The van der Waals surface area contributed by atoms with E-state index in [1.54, 1.807) is 0 Å². The first kappa shape index (κ1) is 11.3. The molecule has 0 saturated heterocycles. The van der Waals surface area contributed by atoms with Gasteiger partial charge in [-0.25, -0.2) is 4.39 Å². The Hall–Kier alpha value is 0.260. The van der Waals surface area contributed by atoms with Gasteiger partial charge in [-0.05, 0) is 34.7 Å². The van der Waals surface area contributed by atoms with Gasteiger partial charge < -0.3 is 5.73 Å². The molecule has 0 atom stereocenters. The monoisotopic (exact) mass is 307 g/mol. The Morgan fingerprint density at radius 2 is 2.00 bits per heavy atom. The van der Waals surface area contributed by atoms with Crippen LogP contribution in [0.15, 0.2) is 12.1 Å². The van der Waals surface area contributed by atoms with Crippen molar-refractivity contribution in [1.29, 1.82) is 0 Å². The number of benzene rings is 1. The van der Waals surface area contributed by atoms with E-state index in [0.717, 1.165) is 0 Å². The number of hydrogen-bond acceptors (Lipinski definition) is 1. The van der Waals surface area contributed by atoms with Gasteiger partial charge in [0.2, 0.25) is 0 Å². The fourth-order valence-corrected chi connectivity index (χ4v) is 1.19. The van der Waals surface area contributed by atoms with Gasteiger partial charge in [0, 0.05) is 0 Å². The predicted octanol–water partition coefficient (Wildman–Crippen LogP) is 3.09. The summed E-state index contributed by atoms with van der Waals surface area (Å²) in [4.78, 5) is 0. The van der Waals surface area contributed by atoms with E-state index < -0.39 is 0 Å². The van der Waals surface area contributed by atoms with Crippen molar-refractivity contribution in [3.05, 3.63) is 26.5 Å². The number of rotatable bonds is 0. The molecule has 0 aliphatic carbocycles. The van der Waals surface area contributed by atoms with Crippen LogP contribution in [-0.4, -0.2) is 0 Å². The summed E-state index contributed by atoms with van der Waals surface area (Å²) < 4.78 is 13.0. The van der Waals surface area contributed by atoms with Gasteiger partial charge in [0.15, 0.2) is 0 Å². The van der Waals surface area contributed by atoms with Gasteiger partial charge in [-0.3, -0.25) is 0 Å². The number of nitrogen functional groups attached to an aromatic ring is 1. The Balaban J connectivity index is 0.000001000. The molecule has 1 nitrogen and oxygen atoms in total. The highest BCUT2D eigenvalue weighted by Gasteiger charge is 2.05. The van der Waals surface area contributed by atoms with Gasteiger partial charge in [0.05, 0.1) is 14.3 Å². The molecule has 11 heavy (non-hydrogen) atoms. The highest BCUT2D eigenvalue weighted by molar-refractivity contribution is 14.1. The third-order valence-corrected chi connectivity index (χ3v) is 2.85. The van der Waals surface area contributed by atoms with E-state index in [2.05, 4.69) is 0 Å². The second-order valence-corrected chi connectivity index (χ2v) is 3.22. The third-order valence-electron chi connectivity index (χ3n) is 1.07. The van der Waals surface area contributed by atoms with Crippen LogP contribution in [0.2, 0.25) is 5.02 Å². The molecule has 0 fully saturated rings. The lowest BCUT2D eigenvalue weighted by molar-refractivity contribution is 0.620. The highest BCUT2D eigenvalue weighted by Crippen LogP contribution is 2.26. The predicted molar refractivity (Wildman–Crippen MR) is 55.8 cm³/mol. The molecule has 1 aromatic carbocycles. The molecular formula is C6H5Cl2FIN. The summed E-state index contributed by atoms with van der Waals surface area (Å²) in [6.07, 6.45) is 0. The second-order valence-electron chi connectivity index (χ2n) is 1.76. The van der Waals surface area contributed by atoms with Crippen molar-refractivity contribution in [1.82, 2.24) is 0 Å². The van der Waals surface area contributed by atoms with Crippen LogP contribution in [0.1, 0.15) is 0 Å². The SMILES string of the molecule is Cl.Nc1ccc(F)c(I)c1Cl. The van der Waals surface area contributed by atoms with Crippen molar-refractivity contribution in [2.24, 2.45) is 0 Å². The molecule has 5 heteroatoms. The van der Waals surface area contributed by atoms with E-state index in [9.17, 15) is 4.39 Å². The van der Waals surface area contributed by atoms with Gasteiger partial charge in [-0.1, -0.05) is 11.6 Å². The minimum atomic E-state index is -0.334. The van der Waals surface area contributed by atoms with E-state index in [0.29, 0.717) is 14.3 Å². The molecule has 0 heterocycles. The van der Waals surface area contributed by atoms with E-state index in [-0.39, 0.29) is 18.2 Å². The van der Waals surface area contributed by atoms with Crippen LogP contribution in [0.3, 0.4) is 0 Å². The average molecular weight is 308 g/mol. The molecule has 1 aromatic rings. The van der Waals surface area contributed by atoms with E-state index in [4.69, 9.17) is 17.3 Å². The third kappa shape index (κ3) is 2.35. The number of nitrogens with two attached hydrogens (primary N) is 1. The first-order valence-electron chi connectivity index (χ1n) is 2.52. The molecule has 0 unspecified atom stereocenters. The van der Waals surface area contributed by atoms with Crippen LogP contribution < -0.4 is 5.73 Å². The number of anilines is 1. The van der Waals surface area contributed by atoms with Crippen molar-refractivity contribution in [3.63, 3.8) is 0 Å². The maximum Gasteiger partial charge on any atom is 0.138 e. The Labute approximate surface area is 88.7 Å². The summed E-state index contributed by atoms with van der Waals surface area (Å²) in [5.41, 5.74) is 5.80. The first-order valence-corrected chi connectivity index (χ1v) is 3.97. The molecule has 0 bridgehead atoms. The van der Waals surface area contributed by atoms with Gasteiger partial charge >= 0.3 is 0 Å². The van der Waals surface area contributed by atoms with Gasteiger partial charge in [0.25, 0.3) is 0 Å². The molecule has 0 radical (unpaired) electrons. The Kier molecular flexibility index (Phi) is 4.43. The van der Waals surface area contributed by atoms with Crippen LogP contribution >= 0.6 is 46.6 Å².